The smallest absolute Gasteiger partial charge is 0.00262 e. The Morgan fingerprint density at radius 2 is 0.580 bits per heavy atom. The first kappa shape index (κ1) is 28.5. The zero-order valence-electron chi connectivity index (χ0n) is 27.5. The fourth-order valence-corrected chi connectivity index (χ4v) is 8.20. The van der Waals surface area contributed by atoms with E-state index in [4.69, 9.17) is 0 Å². The molecule has 0 N–H and O–H groups in total. The van der Waals surface area contributed by atoms with Crippen LogP contribution in [0, 0.1) is 0 Å². The second-order valence-corrected chi connectivity index (χ2v) is 13.2. The summed E-state index contributed by atoms with van der Waals surface area (Å²) in [5, 5.41) is 12.8. The van der Waals surface area contributed by atoms with Crippen LogP contribution in [0.4, 0.5) is 0 Å². The average Bonchev–Trinajstić information content (AvgIpc) is 3.19. The van der Waals surface area contributed by atoms with Gasteiger partial charge in [0.2, 0.25) is 0 Å². The molecule has 10 aromatic carbocycles. The second-order valence-electron chi connectivity index (χ2n) is 13.2. The van der Waals surface area contributed by atoms with Crippen LogP contribution in [0.2, 0.25) is 0 Å². The van der Waals surface area contributed by atoms with Gasteiger partial charge in [0.15, 0.2) is 0 Å². The van der Waals surface area contributed by atoms with Gasteiger partial charge in [0.25, 0.3) is 0 Å². The van der Waals surface area contributed by atoms with E-state index < -0.39 is 0 Å². The Balaban J connectivity index is 1.18. The molecule has 0 spiro atoms. The van der Waals surface area contributed by atoms with E-state index in [0.717, 1.165) is 0 Å². The summed E-state index contributed by atoms with van der Waals surface area (Å²) in [6.07, 6.45) is 0. The Kier molecular flexibility index (Phi) is 6.60. The lowest BCUT2D eigenvalue weighted by Gasteiger charge is -2.18. The van der Waals surface area contributed by atoms with Gasteiger partial charge in [-0.25, -0.2) is 0 Å². The van der Waals surface area contributed by atoms with Crippen LogP contribution in [0.3, 0.4) is 0 Å². The number of hydrogen-bond acceptors (Lipinski definition) is 0. The molecular weight excluding hydrogens is 601 g/mol. The van der Waals surface area contributed by atoms with Gasteiger partial charge in [-0.05, 0) is 117 Å². The van der Waals surface area contributed by atoms with Crippen LogP contribution in [0.25, 0.3) is 98.4 Å². The Morgan fingerprint density at radius 3 is 1.18 bits per heavy atom. The third-order valence-electron chi connectivity index (χ3n) is 10.4. The monoisotopic (exact) mass is 632 g/mol. The third-order valence-corrected chi connectivity index (χ3v) is 10.4. The van der Waals surface area contributed by atoms with Crippen LogP contribution in [0.15, 0.2) is 194 Å². The van der Waals surface area contributed by atoms with Crippen molar-refractivity contribution in [2.24, 2.45) is 0 Å². The van der Waals surface area contributed by atoms with Gasteiger partial charge in [-0.3, -0.25) is 0 Å². The van der Waals surface area contributed by atoms with E-state index in [0.29, 0.717) is 0 Å². The molecule has 50 heavy (non-hydrogen) atoms. The molecule has 232 valence electrons. The van der Waals surface area contributed by atoms with Gasteiger partial charge < -0.3 is 0 Å². The zero-order chi connectivity index (χ0) is 33.0. The molecule has 0 saturated heterocycles. The summed E-state index contributed by atoms with van der Waals surface area (Å²) in [5.41, 5.74) is 9.97. The molecule has 0 nitrogen and oxygen atoms in total. The maximum atomic E-state index is 2.38. The standard InChI is InChI=1S/C50H32/c1-2-15-34(16-3-1)48-42-24-8-10-26-44(42)50(45-27-11-9-25-43(45)48)39-21-13-19-36(31-39)35-18-12-20-38(30-35)49-41-23-7-5-17-37(41)32-47-40-22-6-4-14-33(40)28-29-46(47)49/h1-32H. The van der Waals surface area contributed by atoms with Crippen LogP contribution >= 0.6 is 0 Å². The van der Waals surface area contributed by atoms with Gasteiger partial charge >= 0.3 is 0 Å². The summed E-state index contributed by atoms with van der Waals surface area (Å²) >= 11 is 0. The summed E-state index contributed by atoms with van der Waals surface area (Å²) < 4.78 is 0. The maximum absolute atomic E-state index is 2.38. The van der Waals surface area contributed by atoms with Crippen LogP contribution in [-0.4, -0.2) is 0 Å². The summed E-state index contributed by atoms with van der Waals surface area (Å²) in [5.74, 6) is 0. The highest BCUT2D eigenvalue weighted by atomic mass is 14.2. The molecule has 0 amide bonds. The molecule has 0 bridgehead atoms. The van der Waals surface area contributed by atoms with Gasteiger partial charge in [-0.1, -0.05) is 176 Å². The topological polar surface area (TPSA) is 0 Å². The Bertz CT molecular complexity index is 2860. The van der Waals surface area contributed by atoms with Gasteiger partial charge in [0.1, 0.15) is 0 Å². The molecule has 0 heteroatoms. The molecule has 0 atom stereocenters. The first-order valence-electron chi connectivity index (χ1n) is 17.4. The number of rotatable bonds is 4. The van der Waals surface area contributed by atoms with Crippen molar-refractivity contribution < 1.29 is 0 Å². The molecule has 0 aliphatic rings. The van der Waals surface area contributed by atoms with Gasteiger partial charge in [-0.15, -0.1) is 0 Å². The van der Waals surface area contributed by atoms with Crippen LogP contribution in [0.5, 0.6) is 0 Å². The van der Waals surface area contributed by atoms with Gasteiger partial charge in [0, 0.05) is 0 Å². The fraction of sp³-hybridized carbons (Fsp3) is 0. The quantitative estimate of drug-likeness (QED) is 0.134. The lowest BCUT2D eigenvalue weighted by Crippen LogP contribution is -1.91. The molecule has 0 aliphatic heterocycles. The van der Waals surface area contributed by atoms with E-state index in [1.807, 2.05) is 0 Å². The van der Waals surface area contributed by atoms with E-state index in [1.165, 1.54) is 98.4 Å². The van der Waals surface area contributed by atoms with Crippen molar-refractivity contribution in [3.63, 3.8) is 0 Å². The van der Waals surface area contributed by atoms with Crippen LogP contribution in [0.1, 0.15) is 0 Å². The zero-order valence-corrected chi connectivity index (χ0v) is 27.5. The molecule has 0 fully saturated rings. The predicted octanol–water partition coefficient (Wildman–Crippen LogP) is 14.1. The van der Waals surface area contributed by atoms with Gasteiger partial charge in [-0.2, -0.15) is 0 Å². The minimum atomic E-state index is 1.21. The highest BCUT2D eigenvalue weighted by Crippen LogP contribution is 2.45. The molecule has 0 saturated carbocycles. The fourth-order valence-electron chi connectivity index (χ4n) is 8.20. The Hall–Kier alpha value is -6.50. The average molecular weight is 633 g/mol. The first-order valence-corrected chi connectivity index (χ1v) is 17.4. The first-order chi connectivity index (χ1) is 24.8. The summed E-state index contributed by atoms with van der Waals surface area (Å²) in [6, 6.07) is 71.3. The van der Waals surface area contributed by atoms with Crippen molar-refractivity contribution in [2.45, 2.75) is 0 Å². The van der Waals surface area contributed by atoms with Gasteiger partial charge in [0.05, 0.1) is 0 Å². The van der Waals surface area contributed by atoms with Crippen LogP contribution in [-0.2, 0) is 0 Å². The SMILES string of the molecule is c1ccc(-c2c3ccccc3c(-c3cccc(-c4cccc(-c5c6ccccc6cc6c5ccc5ccccc56)c4)c3)c3ccccc23)cc1. The lowest BCUT2D eigenvalue weighted by molar-refractivity contribution is 1.60. The van der Waals surface area contributed by atoms with Crippen molar-refractivity contribution in [3.05, 3.63) is 194 Å². The van der Waals surface area contributed by atoms with E-state index in [1.54, 1.807) is 0 Å². The van der Waals surface area contributed by atoms with Crippen molar-refractivity contribution in [3.8, 4) is 44.5 Å². The van der Waals surface area contributed by atoms with Crippen molar-refractivity contribution in [1.29, 1.82) is 0 Å². The highest BCUT2D eigenvalue weighted by Gasteiger charge is 2.17. The molecule has 0 heterocycles. The number of benzene rings is 10. The van der Waals surface area contributed by atoms with Crippen LogP contribution < -0.4 is 0 Å². The Labute approximate surface area is 291 Å². The van der Waals surface area contributed by atoms with E-state index in [9.17, 15) is 0 Å². The molecule has 0 unspecified atom stereocenters. The predicted molar refractivity (Wildman–Crippen MR) is 216 cm³/mol. The highest BCUT2D eigenvalue weighted by molar-refractivity contribution is 6.22. The summed E-state index contributed by atoms with van der Waals surface area (Å²) in [6.45, 7) is 0. The maximum Gasteiger partial charge on any atom is -0.00262 e. The summed E-state index contributed by atoms with van der Waals surface area (Å²) in [4.78, 5) is 0. The van der Waals surface area contributed by atoms with Crippen molar-refractivity contribution in [2.75, 3.05) is 0 Å². The molecule has 0 aliphatic carbocycles. The molecule has 0 aromatic heterocycles. The number of fused-ring (bicyclic) bond motifs is 6. The Morgan fingerprint density at radius 1 is 0.180 bits per heavy atom. The lowest BCUT2D eigenvalue weighted by atomic mass is 9.85. The molecule has 0 radical (unpaired) electrons. The van der Waals surface area contributed by atoms with E-state index in [-0.39, 0.29) is 0 Å². The number of hydrogen-bond donors (Lipinski definition) is 0. The van der Waals surface area contributed by atoms with Crippen molar-refractivity contribution >= 4 is 53.9 Å². The second kappa shape index (κ2) is 11.6. The largest absolute Gasteiger partial charge is 0.0622 e. The molecular formula is C50H32. The van der Waals surface area contributed by atoms with E-state index >= 15 is 0 Å². The molecule has 10 rings (SSSR count). The normalized spacial score (nSPS) is 11.6. The third kappa shape index (κ3) is 4.54. The van der Waals surface area contributed by atoms with E-state index in [2.05, 4.69) is 194 Å². The summed E-state index contributed by atoms with van der Waals surface area (Å²) in [7, 11) is 0. The minimum Gasteiger partial charge on any atom is -0.0622 e. The minimum absolute atomic E-state index is 1.21. The van der Waals surface area contributed by atoms with Crippen molar-refractivity contribution in [1.82, 2.24) is 0 Å². The molecule has 10 aromatic rings.